The zero-order valence-electron chi connectivity index (χ0n) is 11.7. The van der Waals surface area contributed by atoms with Crippen LogP contribution in [0.3, 0.4) is 0 Å². The van der Waals surface area contributed by atoms with Crippen LogP contribution in [-0.2, 0) is 22.7 Å². The van der Waals surface area contributed by atoms with Crippen molar-refractivity contribution in [2.45, 2.75) is 13.2 Å². The Morgan fingerprint density at radius 3 is 2.65 bits per heavy atom. The number of benzene rings is 1. The number of hydrogen-bond donors (Lipinski definition) is 2. The van der Waals surface area contributed by atoms with Crippen molar-refractivity contribution in [2.75, 3.05) is 5.32 Å². The van der Waals surface area contributed by atoms with Crippen molar-refractivity contribution in [2.24, 2.45) is 0 Å². The lowest BCUT2D eigenvalue weighted by atomic mass is 10.2. The van der Waals surface area contributed by atoms with Crippen LogP contribution in [0.5, 0.6) is 0 Å². The van der Waals surface area contributed by atoms with E-state index in [9.17, 15) is 14.4 Å². The summed E-state index contributed by atoms with van der Waals surface area (Å²) < 4.78 is 5.77. The molecule has 1 heterocycles. The fraction of sp³-hybridized carbons (Fsp3) is 0.143. The second-order valence-electron chi connectivity index (χ2n) is 4.42. The Morgan fingerprint density at radius 1 is 1.30 bits per heavy atom. The number of amides is 1. The van der Waals surface area contributed by atoms with Crippen molar-refractivity contribution >= 4 is 29.4 Å². The van der Waals surface area contributed by atoms with Crippen molar-refractivity contribution in [3.8, 4) is 0 Å². The Hall–Kier alpha value is -2.87. The number of ether oxygens (including phenoxy) is 1. The molecule has 2 aromatic rings. The number of anilines is 1. The van der Waals surface area contributed by atoms with Gasteiger partial charge in [0, 0.05) is 0 Å². The van der Waals surface area contributed by atoms with Gasteiger partial charge in [0.15, 0.2) is 5.15 Å². The standard InChI is InChI=1S/C14H12ClN3O5/c15-12-11(13(21)18(8-16-12)6-10(19)20)17-14(22)23-7-9-4-2-1-3-5-9/h1-5,8H,6-7H2,(H,17,22)(H,19,20). The molecule has 1 aromatic carbocycles. The molecule has 0 aliphatic carbocycles. The Morgan fingerprint density at radius 2 is 2.00 bits per heavy atom. The Labute approximate surface area is 135 Å². The molecule has 0 fully saturated rings. The number of rotatable bonds is 5. The Bertz CT molecular complexity index is 776. The van der Waals surface area contributed by atoms with Crippen LogP contribution in [0.25, 0.3) is 0 Å². The molecule has 1 aromatic heterocycles. The molecule has 2 N–H and O–H groups in total. The van der Waals surface area contributed by atoms with Crippen molar-refractivity contribution in [1.82, 2.24) is 9.55 Å². The highest BCUT2D eigenvalue weighted by Crippen LogP contribution is 2.13. The van der Waals surface area contributed by atoms with Crippen molar-refractivity contribution in [3.63, 3.8) is 0 Å². The van der Waals surface area contributed by atoms with E-state index >= 15 is 0 Å². The van der Waals surface area contributed by atoms with Crippen LogP contribution < -0.4 is 10.9 Å². The van der Waals surface area contributed by atoms with Crippen LogP contribution in [0, 0.1) is 0 Å². The molecule has 120 valence electrons. The normalized spacial score (nSPS) is 10.1. The second kappa shape index (κ2) is 7.41. The molecular formula is C14H12ClN3O5. The summed E-state index contributed by atoms with van der Waals surface area (Å²) in [6, 6.07) is 8.94. The molecular weight excluding hydrogens is 326 g/mol. The first-order valence-corrected chi connectivity index (χ1v) is 6.79. The highest BCUT2D eigenvalue weighted by Gasteiger charge is 2.15. The number of nitrogens with zero attached hydrogens (tertiary/aromatic N) is 2. The zero-order chi connectivity index (χ0) is 16.8. The lowest BCUT2D eigenvalue weighted by molar-refractivity contribution is -0.137. The van der Waals surface area contributed by atoms with E-state index in [1.165, 1.54) is 0 Å². The average molecular weight is 338 g/mol. The highest BCUT2D eigenvalue weighted by atomic mass is 35.5. The van der Waals surface area contributed by atoms with Gasteiger partial charge in [-0.15, -0.1) is 0 Å². The van der Waals surface area contributed by atoms with E-state index in [0.29, 0.717) is 0 Å². The summed E-state index contributed by atoms with van der Waals surface area (Å²) >= 11 is 5.76. The summed E-state index contributed by atoms with van der Waals surface area (Å²) in [6.07, 6.45) is 0.0851. The lowest BCUT2D eigenvalue weighted by Gasteiger charge is -2.09. The van der Waals surface area contributed by atoms with E-state index in [0.717, 1.165) is 16.5 Å². The van der Waals surface area contributed by atoms with Crippen LogP contribution >= 0.6 is 11.6 Å². The molecule has 9 heteroatoms. The number of carbonyl (C=O) groups excluding carboxylic acids is 1. The molecule has 1 amide bonds. The van der Waals surface area contributed by atoms with Gasteiger partial charge in [0.1, 0.15) is 18.8 Å². The van der Waals surface area contributed by atoms with Gasteiger partial charge in [0.2, 0.25) is 0 Å². The number of carbonyl (C=O) groups is 2. The summed E-state index contributed by atoms with van der Waals surface area (Å²) in [7, 11) is 0. The van der Waals surface area contributed by atoms with Crippen LogP contribution in [-0.4, -0.2) is 26.7 Å². The molecule has 0 saturated heterocycles. The predicted molar refractivity (Wildman–Crippen MR) is 81.4 cm³/mol. The first-order chi connectivity index (χ1) is 11.0. The number of aliphatic carboxylic acids is 1. The van der Waals surface area contributed by atoms with E-state index in [-0.39, 0.29) is 17.4 Å². The monoisotopic (exact) mass is 337 g/mol. The maximum atomic E-state index is 12.0. The van der Waals surface area contributed by atoms with E-state index in [4.69, 9.17) is 21.4 Å². The number of carboxylic acid groups (broad SMARTS) is 1. The number of hydrogen-bond acceptors (Lipinski definition) is 5. The quantitative estimate of drug-likeness (QED) is 0.804. The Kier molecular flexibility index (Phi) is 5.32. The van der Waals surface area contributed by atoms with Crippen LogP contribution in [0.2, 0.25) is 5.15 Å². The van der Waals surface area contributed by atoms with Gasteiger partial charge in [-0.25, -0.2) is 9.78 Å². The molecule has 0 bridgehead atoms. The largest absolute Gasteiger partial charge is 0.480 e. The van der Waals surface area contributed by atoms with E-state index < -0.39 is 24.2 Å². The number of nitrogens with one attached hydrogen (secondary N) is 1. The number of halogens is 1. The fourth-order valence-corrected chi connectivity index (χ4v) is 1.87. The third-order valence-electron chi connectivity index (χ3n) is 2.74. The minimum Gasteiger partial charge on any atom is -0.480 e. The third kappa shape index (κ3) is 4.55. The summed E-state index contributed by atoms with van der Waals surface area (Å²) in [4.78, 5) is 38.1. The topological polar surface area (TPSA) is 111 Å². The molecule has 0 aliphatic rings. The molecule has 0 saturated carbocycles. The average Bonchev–Trinajstić information content (AvgIpc) is 2.53. The SMILES string of the molecule is O=C(O)Cn1cnc(Cl)c(NC(=O)OCc2ccccc2)c1=O. The predicted octanol–water partition coefficient (Wildman–Crippen LogP) is 1.73. The molecule has 2 rings (SSSR count). The minimum absolute atomic E-state index is 0.00781. The van der Waals surface area contributed by atoms with Gasteiger partial charge in [0.05, 0.1) is 6.33 Å². The molecule has 0 radical (unpaired) electrons. The summed E-state index contributed by atoms with van der Waals surface area (Å²) in [5.41, 5.74) is -0.360. The van der Waals surface area contributed by atoms with Crippen molar-refractivity contribution < 1.29 is 19.4 Å². The number of aromatic nitrogens is 2. The van der Waals surface area contributed by atoms with Gasteiger partial charge in [-0.3, -0.25) is 19.5 Å². The summed E-state index contributed by atoms with van der Waals surface area (Å²) in [5, 5.41) is 10.6. The van der Waals surface area contributed by atoms with E-state index in [1.807, 2.05) is 6.07 Å². The van der Waals surface area contributed by atoms with Gasteiger partial charge < -0.3 is 9.84 Å². The van der Waals surface area contributed by atoms with Crippen molar-refractivity contribution in [3.05, 3.63) is 57.7 Å². The molecule has 0 spiro atoms. The van der Waals surface area contributed by atoms with Crippen LogP contribution in [0.4, 0.5) is 10.5 Å². The van der Waals surface area contributed by atoms with Crippen molar-refractivity contribution in [1.29, 1.82) is 0 Å². The zero-order valence-corrected chi connectivity index (χ0v) is 12.5. The maximum Gasteiger partial charge on any atom is 0.412 e. The molecule has 0 unspecified atom stereocenters. The van der Waals surface area contributed by atoms with Gasteiger partial charge in [-0.1, -0.05) is 41.9 Å². The molecule has 8 nitrogen and oxygen atoms in total. The van der Waals surface area contributed by atoms with Gasteiger partial charge in [-0.05, 0) is 5.56 Å². The number of carboxylic acids is 1. The summed E-state index contributed by atoms with van der Waals surface area (Å²) in [5.74, 6) is -1.23. The first-order valence-electron chi connectivity index (χ1n) is 6.42. The highest BCUT2D eigenvalue weighted by molar-refractivity contribution is 6.32. The lowest BCUT2D eigenvalue weighted by Crippen LogP contribution is -2.29. The van der Waals surface area contributed by atoms with Crippen LogP contribution in [0.15, 0.2) is 41.5 Å². The van der Waals surface area contributed by atoms with Gasteiger partial charge >= 0.3 is 12.1 Å². The van der Waals surface area contributed by atoms with Gasteiger partial charge in [-0.2, -0.15) is 0 Å². The smallest absolute Gasteiger partial charge is 0.412 e. The van der Waals surface area contributed by atoms with Gasteiger partial charge in [0.25, 0.3) is 5.56 Å². The van der Waals surface area contributed by atoms with E-state index in [1.54, 1.807) is 24.3 Å². The Balaban J connectivity index is 2.08. The first kappa shape index (κ1) is 16.5. The summed E-state index contributed by atoms with van der Waals surface area (Å²) in [6.45, 7) is -0.593. The fourth-order valence-electron chi connectivity index (χ4n) is 1.69. The minimum atomic E-state index is -1.23. The molecule has 0 aliphatic heterocycles. The third-order valence-corrected chi connectivity index (χ3v) is 3.02. The van der Waals surface area contributed by atoms with E-state index in [2.05, 4.69) is 10.3 Å². The molecule has 23 heavy (non-hydrogen) atoms. The second-order valence-corrected chi connectivity index (χ2v) is 4.78. The van der Waals surface area contributed by atoms with Crippen LogP contribution in [0.1, 0.15) is 5.56 Å². The maximum absolute atomic E-state index is 12.0. The molecule has 0 atom stereocenters.